The van der Waals surface area contributed by atoms with Crippen molar-refractivity contribution in [2.45, 2.75) is 6.54 Å². The summed E-state index contributed by atoms with van der Waals surface area (Å²) >= 11 is 0. The van der Waals surface area contributed by atoms with Crippen LogP contribution in [0.3, 0.4) is 0 Å². The molecule has 116 valence electrons. The lowest BCUT2D eigenvalue weighted by molar-refractivity contribution is -0.740. The van der Waals surface area contributed by atoms with E-state index in [1.54, 1.807) is 17.1 Å². The van der Waals surface area contributed by atoms with E-state index in [1.807, 2.05) is 24.3 Å². The van der Waals surface area contributed by atoms with Gasteiger partial charge in [0.15, 0.2) is 0 Å². The van der Waals surface area contributed by atoms with E-state index >= 15 is 0 Å². The van der Waals surface area contributed by atoms with Crippen LogP contribution in [0.1, 0.15) is 10.4 Å². The van der Waals surface area contributed by atoms with Crippen LogP contribution in [0.15, 0.2) is 60.9 Å². The maximum absolute atomic E-state index is 12.2. The molecule has 0 aliphatic rings. The van der Waals surface area contributed by atoms with Gasteiger partial charge in [0.25, 0.3) is 5.69 Å². The average Bonchev–Trinajstić information content (AvgIpc) is 2.55. The maximum atomic E-state index is 12.2. The fraction of sp³-hybridized carbons (Fsp3) is 0.0625. The number of carbonyl (C=O) groups is 1. The predicted molar refractivity (Wildman–Crippen MR) is 79.4 cm³/mol. The molecule has 0 fully saturated rings. The van der Waals surface area contributed by atoms with Crippen molar-refractivity contribution < 1.29 is 31.4 Å². The summed E-state index contributed by atoms with van der Waals surface area (Å²) in [5.74, 6) is -0.150. The van der Waals surface area contributed by atoms with Gasteiger partial charge in [-0.3, -0.25) is 14.9 Å². The zero-order chi connectivity index (χ0) is 15.5. The van der Waals surface area contributed by atoms with E-state index in [9.17, 15) is 14.9 Å². The zero-order valence-corrected chi connectivity index (χ0v) is 13.5. The van der Waals surface area contributed by atoms with Crippen molar-refractivity contribution in [2.75, 3.05) is 0 Å². The van der Waals surface area contributed by atoms with Crippen molar-refractivity contribution in [2.24, 2.45) is 0 Å². The van der Waals surface area contributed by atoms with Crippen LogP contribution >= 0.6 is 0 Å². The van der Waals surface area contributed by atoms with Gasteiger partial charge < -0.3 is 17.0 Å². The van der Waals surface area contributed by atoms with Gasteiger partial charge in [-0.1, -0.05) is 22.9 Å². The Bertz CT molecular complexity index is 866. The molecule has 7 heteroatoms. The molecule has 0 saturated carbocycles. The van der Waals surface area contributed by atoms with Crippen molar-refractivity contribution in [1.29, 1.82) is 0 Å². The Kier molecular flexibility index (Phi) is 5.13. The lowest BCUT2D eigenvalue weighted by atomic mass is 10.1. The molecule has 0 radical (unpaired) electrons. The fourth-order valence-corrected chi connectivity index (χ4v) is 2.17. The number of halogens is 1. The minimum Gasteiger partial charge on any atom is -1.00 e. The number of ketones is 1. The summed E-state index contributed by atoms with van der Waals surface area (Å²) < 4.78 is 1.56. The second-order valence-corrected chi connectivity index (χ2v) is 4.83. The largest absolute Gasteiger partial charge is 1.00 e. The highest BCUT2D eigenvalue weighted by molar-refractivity contribution is 5.95. The summed E-state index contributed by atoms with van der Waals surface area (Å²) in [5.41, 5.74) is 0.390. The number of rotatable bonds is 4. The van der Waals surface area contributed by atoms with Gasteiger partial charge in [-0.15, -0.1) is 0 Å². The zero-order valence-electron chi connectivity index (χ0n) is 11.9. The lowest BCUT2D eigenvalue weighted by Gasteiger charge is -1.98. The molecule has 0 bridgehead atoms. The van der Waals surface area contributed by atoms with Crippen LogP contribution < -0.4 is 21.7 Å². The molecule has 6 nitrogen and oxygen atoms in total. The summed E-state index contributed by atoms with van der Waals surface area (Å²) in [6.07, 6.45) is 3.51. The highest BCUT2D eigenvalue weighted by Crippen LogP contribution is 2.12. The second-order valence-electron chi connectivity index (χ2n) is 4.83. The van der Waals surface area contributed by atoms with Gasteiger partial charge in [-0.25, -0.2) is 0 Å². The molecule has 23 heavy (non-hydrogen) atoms. The third kappa shape index (κ3) is 3.75. The maximum Gasteiger partial charge on any atom is 0.269 e. The monoisotopic (exact) mass is 373 g/mol. The molecular weight excluding hydrogens is 362 g/mol. The number of aromatic nitrogens is 2. The van der Waals surface area contributed by atoms with E-state index in [1.165, 1.54) is 24.3 Å². The van der Waals surface area contributed by atoms with Crippen LogP contribution in [0, 0.1) is 10.1 Å². The Hall–Kier alpha value is -2.67. The van der Waals surface area contributed by atoms with Crippen LogP contribution in [0.4, 0.5) is 5.69 Å². The van der Waals surface area contributed by atoms with E-state index < -0.39 is 4.92 Å². The number of Topliss-reactive ketones (excluding diaryl/α,β-unsaturated/α-hetero) is 1. The van der Waals surface area contributed by atoms with E-state index in [0.29, 0.717) is 5.56 Å². The molecule has 2 aromatic carbocycles. The van der Waals surface area contributed by atoms with Crippen molar-refractivity contribution in [1.82, 2.24) is 5.10 Å². The van der Waals surface area contributed by atoms with Gasteiger partial charge in [-0.2, -0.15) is 0 Å². The van der Waals surface area contributed by atoms with Gasteiger partial charge in [0.1, 0.15) is 6.20 Å². The third-order valence-electron chi connectivity index (χ3n) is 3.33. The summed E-state index contributed by atoms with van der Waals surface area (Å²) in [4.78, 5) is 22.3. The van der Waals surface area contributed by atoms with Gasteiger partial charge in [0.05, 0.1) is 4.92 Å². The predicted octanol–water partition coefficient (Wildman–Crippen LogP) is -0.683. The number of hydrogen-bond donors (Lipinski definition) is 0. The van der Waals surface area contributed by atoms with Gasteiger partial charge >= 0.3 is 0 Å². The molecule has 0 aliphatic carbocycles. The summed E-state index contributed by atoms with van der Waals surface area (Å²) in [6.45, 7) is 0.0860. The first kappa shape index (κ1) is 16.7. The standard InChI is InChI=1S/C16H12N3O3.BrH/c20-16(12-5-7-15(8-6-12)19(21)22)11-18-10-14-4-2-1-3-13(14)9-17-18;/h1-10H,11H2;1H/q+1;/p-1. The Morgan fingerprint density at radius 1 is 1.09 bits per heavy atom. The van der Waals surface area contributed by atoms with Gasteiger partial charge in [0, 0.05) is 28.5 Å². The Labute approximate surface area is 142 Å². The first-order valence-electron chi connectivity index (χ1n) is 6.66. The van der Waals surface area contributed by atoms with Crippen molar-refractivity contribution in [3.63, 3.8) is 0 Å². The van der Waals surface area contributed by atoms with E-state index in [2.05, 4.69) is 5.10 Å². The fourth-order valence-electron chi connectivity index (χ4n) is 2.17. The average molecular weight is 374 g/mol. The van der Waals surface area contributed by atoms with Crippen LogP contribution in [-0.2, 0) is 6.54 Å². The molecule has 1 heterocycles. The molecule has 0 aliphatic heterocycles. The quantitative estimate of drug-likeness (QED) is 0.262. The number of nitro benzene ring substituents is 1. The highest BCUT2D eigenvalue weighted by Gasteiger charge is 2.15. The van der Waals surface area contributed by atoms with Crippen LogP contribution in [-0.4, -0.2) is 15.8 Å². The number of nitro groups is 1. The molecular formula is C16H12BrN3O3. The van der Waals surface area contributed by atoms with Crippen molar-refractivity contribution >= 4 is 22.2 Å². The normalized spacial score (nSPS) is 10.1. The van der Waals surface area contributed by atoms with Crippen molar-refractivity contribution in [3.8, 4) is 0 Å². The summed E-state index contributed by atoms with van der Waals surface area (Å²) in [5, 5.41) is 16.8. The first-order valence-corrected chi connectivity index (χ1v) is 6.66. The number of carbonyl (C=O) groups excluding carboxylic acids is 1. The summed E-state index contributed by atoms with van der Waals surface area (Å²) in [7, 11) is 0. The summed E-state index contributed by atoms with van der Waals surface area (Å²) in [6, 6.07) is 13.3. The molecule has 3 aromatic rings. The number of nitrogens with zero attached hydrogens (tertiary/aromatic N) is 3. The smallest absolute Gasteiger partial charge is 0.269 e. The minimum atomic E-state index is -0.492. The third-order valence-corrected chi connectivity index (χ3v) is 3.33. The van der Waals surface area contributed by atoms with Crippen molar-refractivity contribution in [3.05, 3.63) is 76.6 Å². The Morgan fingerprint density at radius 2 is 1.74 bits per heavy atom. The molecule has 0 unspecified atom stereocenters. The molecule has 1 aromatic heterocycles. The Morgan fingerprint density at radius 3 is 2.39 bits per heavy atom. The number of benzene rings is 2. The van der Waals surface area contributed by atoms with Crippen LogP contribution in [0.2, 0.25) is 0 Å². The van der Waals surface area contributed by atoms with Gasteiger partial charge in [0.2, 0.25) is 18.5 Å². The SMILES string of the molecule is O=C(C[n+]1cc2ccccc2cn1)c1ccc([N+](=O)[O-])cc1.[Br-]. The minimum absolute atomic E-state index is 0. The number of fused-ring (bicyclic) bond motifs is 1. The van der Waals surface area contributed by atoms with E-state index in [4.69, 9.17) is 0 Å². The molecule has 0 saturated heterocycles. The molecule has 0 amide bonds. The lowest BCUT2D eigenvalue weighted by Crippen LogP contribution is -3.00. The van der Waals surface area contributed by atoms with E-state index in [0.717, 1.165) is 10.8 Å². The van der Waals surface area contributed by atoms with Crippen LogP contribution in [0.5, 0.6) is 0 Å². The first-order chi connectivity index (χ1) is 10.6. The number of hydrogen-bond acceptors (Lipinski definition) is 4. The molecule has 3 rings (SSSR count). The molecule has 0 spiro atoms. The highest BCUT2D eigenvalue weighted by atomic mass is 79.9. The van der Waals surface area contributed by atoms with Gasteiger partial charge in [-0.05, 0) is 23.3 Å². The molecule has 0 atom stereocenters. The topological polar surface area (TPSA) is 77.0 Å². The van der Waals surface area contributed by atoms with E-state index in [-0.39, 0.29) is 35.0 Å². The number of non-ortho nitro benzene ring substituents is 1. The Balaban J connectivity index is 0.00000192. The van der Waals surface area contributed by atoms with Crippen LogP contribution in [0.25, 0.3) is 10.8 Å². The second kappa shape index (κ2) is 7.06. The molecule has 0 N–H and O–H groups in total.